The fourth-order valence-corrected chi connectivity index (χ4v) is 2.24. The quantitative estimate of drug-likeness (QED) is 0.773. The maximum Gasteiger partial charge on any atom is 0.183 e. The zero-order valence-electron chi connectivity index (χ0n) is 10.5. The van der Waals surface area contributed by atoms with Crippen molar-refractivity contribution in [2.45, 2.75) is 12.8 Å². The molecule has 3 rings (SSSR count). The number of Topliss-reactive ketones (excluding diaryl/α,β-unsaturated/α-hetero) is 1. The maximum absolute atomic E-state index is 12.2. The molecule has 0 heterocycles. The van der Waals surface area contributed by atoms with Crippen molar-refractivity contribution in [3.8, 4) is 17.2 Å². The van der Waals surface area contributed by atoms with Crippen molar-refractivity contribution in [1.29, 1.82) is 5.26 Å². The minimum absolute atomic E-state index is 0.0328. The number of nitriles is 1. The van der Waals surface area contributed by atoms with Crippen LogP contribution < -0.4 is 0 Å². The lowest BCUT2D eigenvalue weighted by Gasteiger charge is -2.06. The van der Waals surface area contributed by atoms with Crippen LogP contribution in [0.15, 0.2) is 54.6 Å². The zero-order valence-corrected chi connectivity index (χ0v) is 10.5. The minimum Gasteiger partial charge on any atom is -0.292 e. The molecule has 0 aromatic heterocycles. The third-order valence-electron chi connectivity index (χ3n) is 3.65. The second kappa shape index (κ2) is 4.37. The molecule has 0 atom stereocenters. The molecule has 0 radical (unpaired) electrons. The third-order valence-corrected chi connectivity index (χ3v) is 3.65. The van der Waals surface area contributed by atoms with Crippen LogP contribution in [0.5, 0.6) is 0 Å². The van der Waals surface area contributed by atoms with Gasteiger partial charge in [-0.15, -0.1) is 0 Å². The highest BCUT2D eigenvalue weighted by atomic mass is 16.1. The topological polar surface area (TPSA) is 40.9 Å². The highest BCUT2D eigenvalue weighted by Gasteiger charge is 2.50. The van der Waals surface area contributed by atoms with Crippen LogP contribution in [0.4, 0.5) is 0 Å². The Bertz CT molecular complexity index is 646. The lowest BCUT2D eigenvalue weighted by atomic mass is 9.94. The Morgan fingerprint density at radius 3 is 2.05 bits per heavy atom. The minimum atomic E-state index is -0.728. The monoisotopic (exact) mass is 247 g/mol. The molecule has 2 nitrogen and oxygen atoms in total. The number of hydrogen-bond donors (Lipinski definition) is 0. The highest BCUT2D eigenvalue weighted by molar-refractivity contribution is 6.04. The summed E-state index contributed by atoms with van der Waals surface area (Å²) in [6, 6.07) is 19.7. The summed E-state index contributed by atoms with van der Waals surface area (Å²) in [7, 11) is 0. The number of carbonyl (C=O) groups excluding carboxylic acids is 1. The fraction of sp³-hybridized carbons (Fsp3) is 0.176. The number of rotatable bonds is 3. The molecule has 0 N–H and O–H groups in total. The van der Waals surface area contributed by atoms with Crippen molar-refractivity contribution in [2.24, 2.45) is 5.41 Å². The molecule has 0 bridgehead atoms. The lowest BCUT2D eigenvalue weighted by molar-refractivity contribution is 0.0934. The predicted octanol–water partition coefficient (Wildman–Crippen LogP) is 3.84. The van der Waals surface area contributed by atoms with Crippen LogP contribution in [0.1, 0.15) is 23.2 Å². The van der Waals surface area contributed by atoms with Crippen LogP contribution >= 0.6 is 0 Å². The summed E-state index contributed by atoms with van der Waals surface area (Å²) in [5, 5.41) is 9.05. The molecule has 0 spiro atoms. The first kappa shape index (κ1) is 11.7. The molecule has 1 saturated carbocycles. The second-order valence-corrected chi connectivity index (χ2v) is 4.97. The second-order valence-electron chi connectivity index (χ2n) is 4.97. The summed E-state index contributed by atoms with van der Waals surface area (Å²) in [6.07, 6.45) is 1.39. The van der Waals surface area contributed by atoms with E-state index >= 15 is 0 Å². The molecule has 0 unspecified atom stereocenters. The van der Waals surface area contributed by atoms with Gasteiger partial charge in [-0.25, -0.2) is 0 Å². The Morgan fingerprint density at radius 2 is 1.53 bits per heavy atom. The molecule has 2 aromatic carbocycles. The van der Waals surface area contributed by atoms with Gasteiger partial charge in [-0.05, 0) is 24.0 Å². The number of benzene rings is 2. The molecule has 1 aliphatic carbocycles. The van der Waals surface area contributed by atoms with Crippen LogP contribution in [0, 0.1) is 16.7 Å². The summed E-state index contributed by atoms with van der Waals surface area (Å²) < 4.78 is 0. The number of hydrogen-bond acceptors (Lipinski definition) is 2. The van der Waals surface area contributed by atoms with Gasteiger partial charge in [-0.3, -0.25) is 4.79 Å². The molecule has 1 fully saturated rings. The first-order chi connectivity index (χ1) is 9.25. The standard InChI is InChI=1S/C17H13NO/c18-12-17(10-11-17)16(19)15-8-6-14(7-9-15)13-4-2-1-3-5-13/h1-9H,10-11H2. The summed E-state index contributed by atoms with van der Waals surface area (Å²) in [6.45, 7) is 0. The van der Waals surface area contributed by atoms with E-state index in [4.69, 9.17) is 5.26 Å². The van der Waals surface area contributed by atoms with E-state index in [9.17, 15) is 4.79 Å². The summed E-state index contributed by atoms with van der Waals surface area (Å²) in [5.74, 6) is -0.0328. The first-order valence-electron chi connectivity index (χ1n) is 6.37. The molecule has 92 valence electrons. The molecular weight excluding hydrogens is 234 g/mol. The molecule has 2 heteroatoms. The Balaban J connectivity index is 1.88. The Kier molecular flexibility index (Phi) is 2.68. The van der Waals surface area contributed by atoms with Crippen LogP contribution in [0.2, 0.25) is 0 Å². The number of ketones is 1. The number of nitrogens with zero attached hydrogens (tertiary/aromatic N) is 1. The normalized spacial score (nSPS) is 15.5. The Labute approximate surface area is 112 Å². The van der Waals surface area contributed by atoms with Crippen LogP contribution in [-0.4, -0.2) is 5.78 Å². The van der Waals surface area contributed by atoms with E-state index in [-0.39, 0.29) is 5.78 Å². The van der Waals surface area contributed by atoms with E-state index < -0.39 is 5.41 Å². The predicted molar refractivity (Wildman–Crippen MR) is 73.5 cm³/mol. The van der Waals surface area contributed by atoms with Gasteiger partial charge in [-0.1, -0.05) is 54.6 Å². The van der Waals surface area contributed by atoms with Crippen LogP contribution in [0.25, 0.3) is 11.1 Å². The largest absolute Gasteiger partial charge is 0.292 e. The van der Waals surface area contributed by atoms with Crippen LogP contribution in [0.3, 0.4) is 0 Å². The van der Waals surface area contributed by atoms with Crippen molar-refractivity contribution in [3.05, 3.63) is 60.2 Å². The van der Waals surface area contributed by atoms with Gasteiger partial charge in [0.25, 0.3) is 0 Å². The summed E-state index contributed by atoms with van der Waals surface area (Å²) in [5.41, 5.74) is 2.12. The zero-order chi connectivity index (χ0) is 13.3. The van der Waals surface area contributed by atoms with Crippen molar-refractivity contribution < 1.29 is 4.79 Å². The molecule has 0 aliphatic heterocycles. The van der Waals surface area contributed by atoms with E-state index in [0.29, 0.717) is 18.4 Å². The average molecular weight is 247 g/mol. The van der Waals surface area contributed by atoms with Gasteiger partial charge in [0.05, 0.1) is 6.07 Å². The highest BCUT2D eigenvalue weighted by Crippen LogP contribution is 2.47. The van der Waals surface area contributed by atoms with Crippen molar-refractivity contribution in [1.82, 2.24) is 0 Å². The van der Waals surface area contributed by atoms with Gasteiger partial charge in [0.15, 0.2) is 5.78 Å². The van der Waals surface area contributed by atoms with Crippen molar-refractivity contribution in [3.63, 3.8) is 0 Å². The summed E-state index contributed by atoms with van der Waals surface area (Å²) >= 11 is 0. The molecule has 19 heavy (non-hydrogen) atoms. The fourth-order valence-electron chi connectivity index (χ4n) is 2.24. The number of carbonyl (C=O) groups is 1. The smallest absolute Gasteiger partial charge is 0.183 e. The Hall–Kier alpha value is -2.40. The average Bonchev–Trinajstić information content (AvgIpc) is 3.29. The third kappa shape index (κ3) is 2.04. The molecular formula is C17H13NO. The first-order valence-corrected chi connectivity index (χ1v) is 6.37. The lowest BCUT2D eigenvalue weighted by Crippen LogP contribution is -2.13. The Morgan fingerprint density at radius 1 is 0.947 bits per heavy atom. The SMILES string of the molecule is N#CC1(C(=O)c2ccc(-c3ccccc3)cc2)CC1. The van der Waals surface area contributed by atoms with E-state index in [0.717, 1.165) is 11.1 Å². The van der Waals surface area contributed by atoms with E-state index in [1.165, 1.54) is 0 Å². The molecule has 0 saturated heterocycles. The maximum atomic E-state index is 12.2. The van der Waals surface area contributed by atoms with Gasteiger partial charge >= 0.3 is 0 Å². The molecule has 0 amide bonds. The van der Waals surface area contributed by atoms with Gasteiger partial charge in [0.2, 0.25) is 0 Å². The molecule has 1 aliphatic rings. The van der Waals surface area contributed by atoms with Gasteiger partial charge in [0, 0.05) is 5.56 Å². The molecule has 2 aromatic rings. The van der Waals surface area contributed by atoms with E-state index in [2.05, 4.69) is 6.07 Å². The van der Waals surface area contributed by atoms with E-state index in [1.807, 2.05) is 54.6 Å². The van der Waals surface area contributed by atoms with Crippen molar-refractivity contribution in [2.75, 3.05) is 0 Å². The van der Waals surface area contributed by atoms with Gasteiger partial charge in [-0.2, -0.15) is 5.26 Å². The van der Waals surface area contributed by atoms with E-state index in [1.54, 1.807) is 0 Å². The van der Waals surface area contributed by atoms with Gasteiger partial charge in [0.1, 0.15) is 5.41 Å². The summed E-state index contributed by atoms with van der Waals surface area (Å²) in [4.78, 5) is 12.2. The van der Waals surface area contributed by atoms with Gasteiger partial charge < -0.3 is 0 Å². The van der Waals surface area contributed by atoms with Crippen molar-refractivity contribution >= 4 is 5.78 Å². The van der Waals surface area contributed by atoms with Crippen LogP contribution in [-0.2, 0) is 0 Å².